The number of amides is 4. The molecule has 2 aromatic carbocycles. The molecule has 0 atom stereocenters. The molecule has 1 aliphatic heterocycles. The number of hydrogen-bond donors (Lipinski definition) is 1. The van der Waals surface area contributed by atoms with E-state index in [2.05, 4.69) is 35.9 Å². The SMILES string of the molecule is CCOc1ccccc1N1C(=O)NC(=O)/C(=C\c2cc(C)n(-c3c(C)cccc3C)c2C)C1=O. The average molecular weight is 458 g/mol. The Labute approximate surface area is 198 Å². The van der Waals surface area contributed by atoms with E-state index in [1.165, 1.54) is 0 Å². The van der Waals surface area contributed by atoms with Crippen molar-refractivity contribution in [2.45, 2.75) is 34.6 Å². The number of aryl methyl sites for hydroxylation is 3. The first-order valence-corrected chi connectivity index (χ1v) is 11.1. The molecular weight excluding hydrogens is 430 g/mol. The van der Waals surface area contributed by atoms with Gasteiger partial charge < -0.3 is 9.30 Å². The van der Waals surface area contributed by atoms with Crippen LogP contribution in [0.5, 0.6) is 5.75 Å². The molecule has 34 heavy (non-hydrogen) atoms. The number of hydrogen-bond acceptors (Lipinski definition) is 4. The first-order chi connectivity index (χ1) is 16.2. The number of aromatic nitrogens is 1. The maximum atomic E-state index is 13.4. The normalized spacial score (nSPS) is 15.1. The van der Waals surface area contributed by atoms with Crippen molar-refractivity contribution < 1.29 is 19.1 Å². The van der Waals surface area contributed by atoms with Gasteiger partial charge in [0, 0.05) is 11.4 Å². The Morgan fingerprint density at radius 3 is 2.29 bits per heavy atom. The standard InChI is InChI=1S/C27H27N3O4/c1-6-34-23-13-8-7-12-22(23)30-26(32)21(25(31)28-27(30)33)15-20-14-18(4)29(19(20)5)24-16(2)10-9-11-17(24)3/h7-15H,6H2,1-5H3,(H,28,31,33)/b21-15+. The Hall–Kier alpha value is -4.13. The van der Waals surface area contributed by atoms with E-state index >= 15 is 0 Å². The second-order valence-corrected chi connectivity index (χ2v) is 8.26. The zero-order valence-corrected chi connectivity index (χ0v) is 19.9. The molecule has 7 nitrogen and oxygen atoms in total. The Balaban J connectivity index is 1.80. The summed E-state index contributed by atoms with van der Waals surface area (Å²) in [6, 6.07) is 14.0. The number of carbonyl (C=O) groups excluding carboxylic acids is 3. The van der Waals surface area contributed by atoms with Crippen LogP contribution < -0.4 is 15.0 Å². The number of ether oxygens (including phenoxy) is 1. The van der Waals surface area contributed by atoms with Crippen LogP contribution in [0.3, 0.4) is 0 Å². The molecule has 1 aliphatic rings. The zero-order chi connectivity index (χ0) is 24.6. The van der Waals surface area contributed by atoms with Gasteiger partial charge in [0.15, 0.2) is 0 Å². The molecule has 2 heterocycles. The number of nitrogens with zero attached hydrogens (tertiary/aromatic N) is 2. The van der Waals surface area contributed by atoms with Crippen LogP contribution in [0, 0.1) is 27.7 Å². The minimum absolute atomic E-state index is 0.118. The van der Waals surface area contributed by atoms with Crippen molar-refractivity contribution >= 4 is 29.6 Å². The van der Waals surface area contributed by atoms with E-state index in [0.717, 1.165) is 38.7 Å². The summed E-state index contributed by atoms with van der Waals surface area (Å²) in [6.45, 7) is 10.2. The lowest BCUT2D eigenvalue weighted by atomic mass is 10.1. The maximum Gasteiger partial charge on any atom is 0.336 e. The molecule has 0 aliphatic carbocycles. The molecule has 1 fully saturated rings. The summed E-state index contributed by atoms with van der Waals surface area (Å²) in [5, 5.41) is 2.29. The predicted octanol–water partition coefficient (Wildman–Crippen LogP) is 4.78. The van der Waals surface area contributed by atoms with Crippen molar-refractivity contribution in [3.05, 3.63) is 82.2 Å². The summed E-state index contributed by atoms with van der Waals surface area (Å²) < 4.78 is 7.72. The van der Waals surface area contributed by atoms with E-state index in [9.17, 15) is 14.4 Å². The Morgan fingerprint density at radius 2 is 1.62 bits per heavy atom. The Morgan fingerprint density at radius 1 is 0.941 bits per heavy atom. The molecule has 4 rings (SSSR count). The van der Waals surface area contributed by atoms with E-state index in [1.54, 1.807) is 30.3 Å². The molecule has 174 valence electrons. The molecule has 0 saturated carbocycles. The van der Waals surface area contributed by atoms with Crippen LogP contribution in [0.2, 0.25) is 0 Å². The number of nitrogens with one attached hydrogen (secondary N) is 1. The van der Waals surface area contributed by atoms with E-state index in [-0.39, 0.29) is 11.3 Å². The number of anilines is 1. The number of para-hydroxylation sites is 3. The topological polar surface area (TPSA) is 80.6 Å². The summed E-state index contributed by atoms with van der Waals surface area (Å²) in [4.78, 5) is 39.7. The highest BCUT2D eigenvalue weighted by molar-refractivity contribution is 6.39. The fourth-order valence-electron chi connectivity index (χ4n) is 4.39. The lowest BCUT2D eigenvalue weighted by Crippen LogP contribution is -2.54. The van der Waals surface area contributed by atoms with Crippen LogP contribution in [-0.4, -0.2) is 29.0 Å². The third-order valence-corrected chi connectivity index (χ3v) is 5.94. The van der Waals surface area contributed by atoms with Crippen LogP contribution in [-0.2, 0) is 9.59 Å². The van der Waals surface area contributed by atoms with Crippen LogP contribution in [0.1, 0.15) is 35.0 Å². The third-order valence-electron chi connectivity index (χ3n) is 5.94. The minimum Gasteiger partial charge on any atom is -0.492 e. The Kier molecular flexibility index (Phi) is 6.11. The number of imide groups is 2. The van der Waals surface area contributed by atoms with Gasteiger partial charge >= 0.3 is 6.03 Å². The largest absolute Gasteiger partial charge is 0.492 e. The number of carbonyl (C=O) groups is 3. The monoisotopic (exact) mass is 457 g/mol. The van der Waals surface area contributed by atoms with Gasteiger partial charge in [0.2, 0.25) is 0 Å². The van der Waals surface area contributed by atoms with Crippen molar-refractivity contribution in [1.29, 1.82) is 0 Å². The van der Waals surface area contributed by atoms with Gasteiger partial charge in [-0.1, -0.05) is 30.3 Å². The highest BCUT2D eigenvalue weighted by Gasteiger charge is 2.38. The molecule has 3 aromatic rings. The fraction of sp³-hybridized carbons (Fsp3) is 0.222. The van der Waals surface area contributed by atoms with E-state index < -0.39 is 17.8 Å². The first kappa shape index (κ1) is 23.0. The molecule has 0 bridgehead atoms. The van der Waals surface area contributed by atoms with E-state index in [1.807, 2.05) is 32.9 Å². The van der Waals surface area contributed by atoms with Crippen molar-refractivity contribution in [2.24, 2.45) is 0 Å². The number of rotatable bonds is 5. The molecule has 0 radical (unpaired) electrons. The van der Waals surface area contributed by atoms with Gasteiger partial charge in [-0.3, -0.25) is 14.9 Å². The number of urea groups is 1. The van der Waals surface area contributed by atoms with E-state index in [4.69, 9.17) is 4.74 Å². The number of benzene rings is 2. The lowest BCUT2D eigenvalue weighted by molar-refractivity contribution is -0.122. The van der Waals surface area contributed by atoms with Gasteiger partial charge in [-0.2, -0.15) is 0 Å². The number of barbiturate groups is 1. The van der Waals surface area contributed by atoms with Crippen molar-refractivity contribution in [1.82, 2.24) is 9.88 Å². The molecule has 0 unspecified atom stereocenters. The van der Waals surface area contributed by atoms with Crippen LogP contribution in [0.25, 0.3) is 11.8 Å². The zero-order valence-electron chi connectivity index (χ0n) is 19.9. The second-order valence-electron chi connectivity index (χ2n) is 8.26. The first-order valence-electron chi connectivity index (χ1n) is 11.1. The van der Waals surface area contributed by atoms with Crippen LogP contribution in [0.4, 0.5) is 10.5 Å². The molecular formula is C27H27N3O4. The van der Waals surface area contributed by atoms with Crippen molar-refractivity contribution in [3.8, 4) is 11.4 Å². The molecule has 1 N–H and O–H groups in total. The van der Waals surface area contributed by atoms with Gasteiger partial charge in [0.25, 0.3) is 11.8 Å². The summed E-state index contributed by atoms with van der Waals surface area (Å²) in [5.74, 6) is -1.04. The summed E-state index contributed by atoms with van der Waals surface area (Å²) in [5.41, 5.74) is 6.07. The van der Waals surface area contributed by atoms with Gasteiger partial charge in [0.1, 0.15) is 11.3 Å². The fourth-order valence-corrected chi connectivity index (χ4v) is 4.39. The highest BCUT2D eigenvalue weighted by atomic mass is 16.5. The van der Waals surface area contributed by atoms with Crippen molar-refractivity contribution in [3.63, 3.8) is 0 Å². The quantitative estimate of drug-likeness (QED) is 0.442. The van der Waals surface area contributed by atoms with Crippen molar-refractivity contribution in [2.75, 3.05) is 11.5 Å². The average Bonchev–Trinajstić information content (AvgIpc) is 3.05. The maximum absolute atomic E-state index is 13.4. The molecule has 1 saturated heterocycles. The summed E-state index contributed by atoms with van der Waals surface area (Å²) >= 11 is 0. The van der Waals surface area contributed by atoms with Crippen LogP contribution in [0.15, 0.2) is 54.1 Å². The van der Waals surface area contributed by atoms with Gasteiger partial charge in [-0.05, 0) is 75.6 Å². The molecule has 1 aromatic heterocycles. The summed E-state index contributed by atoms with van der Waals surface area (Å²) in [7, 11) is 0. The third kappa shape index (κ3) is 3.90. The highest BCUT2D eigenvalue weighted by Crippen LogP contribution is 2.32. The summed E-state index contributed by atoms with van der Waals surface area (Å²) in [6.07, 6.45) is 1.55. The molecule has 4 amide bonds. The van der Waals surface area contributed by atoms with Crippen LogP contribution >= 0.6 is 0 Å². The smallest absolute Gasteiger partial charge is 0.336 e. The van der Waals surface area contributed by atoms with Gasteiger partial charge in [-0.15, -0.1) is 0 Å². The lowest BCUT2D eigenvalue weighted by Gasteiger charge is -2.27. The van der Waals surface area contributed by atoms with E-state index in [0.29, 0.717) is 12.4 Å². The van der Waals surface area contributed by atoms with Gasteiger partial charge in [0.05, 0.1) is 18.0 Å². The minimum atomic E-state index is -0.805. The molecule has 7 heteroatoms. The predicted molar refractivity (Wildman–Crippen MR) is 131 cm³/mol. The van der Waals surface area contributed by atoms with Gasteiger partial charge in [-0.25, -0.2) is 9.69 Å². The molecule has 0 spiro atoms. The second kappa shape index (κ2) is 9.02. The Bertz CT molecular complexity index is 1330.